The van der Waals surface area contributed by atoms with Gasteiger partial charge in [0.15, 0.2) is 0 Å². The standard InChI is InChI=1S/C14H19N3S/c1-18-9-3-2-8-16-13-6-4-12(5-7-13)14-10-15-11-17-14/h4-7,10-11,16H,2-3,8-9H2,1H3,(H,15,17). The molecule has 3 nitrogen and oxygen atoms in total. The maximum Gasteiger partial charge on any atom is 0.0924 e. The first kappa shape index (κ1) is 13.0. The van der Waals surface area contributed by atoms with Crippen molar-refractivity contribution in [3.8, 4) is 11.3 Å². The summed E-state index contributed by atoms with van der Waals surface area (Å²) in [7, 11) is 0. The quantitative estimate of drug-likeness (QED) is 0.748. The Labute approximate surface area is 112 Å². The molecule has 0 saturated heterocycles. The Kier molecular flexibility index (Phi) is 5.15. The normalized spacial score (nSPS) is 10.5. The molecule has 0 atom stereocenters. The summed E-state index contributed by atoms with van der Waals surface area (Å²) in [5.41, 5.74) is 3.41. The largest absolute Gasteiger partial charge is 0.385 e. The molecule has 0 aliphatic heterocycles. The number of anilines is 1. The van der Waals surface area contributed by atoms with Gasteiger partial charge in [0.25, 0.3) is 0 Å². The third-order valence-electron chi connectivity index (χ3n) is 2.80. The summed E-state index contributed by atoms with van der Waals surface area (Å²) in [5.74, 6) is 1.25. The van der Waals surface area contributed by atoms with E-state index in [1.54, 1.807) is 6.33 Å². The Morgan fingerprint density at radius 1 is 1.22 bits per heavy atom. The van der Waals surface area contributed by atoms with E-state index in [1.165, 1.54) is 29.8 Å². The SMILES string of the molecule is CSCCCCNc1ccc(-c2cnc[nH]2)cc1. The number of nitrogens with one attached hydrogen (secondary N) is 2. The van der Waals surface area contributed by atoms with Crippen LogP contribution in [0.5, 0.6) is 0 Å². The average Bonchev–Trinajstić information content (AvgIpc) is 2.93. The lowest BCUT2D eigenvalue weighted by Crippen LogP contribution is -2.01. The van der Waals surface area contributed by atoms with Gasteiger partial charge in [-0.2, -0.15) is 11.8 Å². The van der Waals surface area contributed by atoms with E-state index in [1.807, 2.05) is 18.0 Å². The number of hydrogen-bond acceptors (Lipinski definition) is 3. The number of unbranched alkanes of at least 4 members (excludes halogenated alkanes) is 1. The van der Waals surface area contributed by atoms with E-state index >= 15 is 0 Å². The molecule has 4 heteroatoms. The van der Waals surface area contributed by atoms with Crippen molar-refractivity contribution in [2.75, 3.05) is 23.9 Å². The minimum absolute atomic E-state index is 1.05. The van der Waals surface area contributed by atoms with E-state index in [0.29, 0.717) is 0 Å². The Balaban J connectivity index is 1.81. The highest BCUT2D eigenvalue weighted by molar-refractivity contribution is 7.98. The zero-order valence-electron chi connectivity index (χ0n) is 10.6. The van der Waals surface area contributed by atoms with Gasteiger partial charge in [-0.05, 0) is 42.5 Å². The first-order valence-electron chi connectivity index (χ1n) is 6.22. The van der Waals surface area contributed by atoms with Crippen LogP contribution in [-0.4, -0.2) is 28.5 Å². The highest BCUT2D eigenvalue weighted by atomic mass is 32.2. The van der Waals surface area contributed by atoms with E-state index < -0.39 is 0 Å². The predicted octanol–water partition coefficient (Wildman–Crippen LogP) is 3.63. The lowest BCUT2D eigenvalue weighted by molar-refractivity contribution is 0.843. The summed E-state index contributed by atoms with van der Waals surface area (Å²) in [6.45, 7) is 1.05. The Morgan fingerprint density at radius 2 is 2.06 bits per heavy atom. The van der Waals surface area contributed by atoms with Gasteiger partial charge < -0.3 is 10.3 Å². The van der Waals surface area contributed by atoms with Gasteiger partial charge in [0, 0.05) is 12.2 Å². The monoisotopic (exact) mass is 261 g/mol. The molecule has 18 heavy (non-hydrogen) atoms. The molecule has 0 unspecified atom stereocenters. The van der Waals surface area contributed by atoms with Crippen molar-refractivity contribution in [2.45, 2.75) is 12.8 Å². The summed E-state index contributed by atoms with van der Waals surface area (Å²) in [4.78, 5) is 7.13. The van der Waals surface area contributed by atoms with E-state index in [4.69, 9.17) is 0 Å². The molecule has 1 aromatic heterocycles. The van der Waals surface area contributed by atoms with Crippen LogP contribution in [0.1, 0.15) is 12.8 Å². The number of nitrogens with zero attached hydrogens (tertiary/aromatic N) is 1. The predicted molar refractivity (Wildman–Crippen MR) is 80.1 cm³/mol. The third kappa shape index (κ3) is 3.81. The smallest absolute Gasteiger partial charge is 0.0924 e. The number of aromatic amines is 1. The highest BCUT2D eigenvalue weighted by Crippen LogP contribution is 2.18. The number of aromatic nitrogens is 2. The zero-order chi connectivity index (χ0) is 12.6. The summed E-state index contributed by atoms with van der Waals surface area (Å²) in [5, 5.41) is 3.44. The summed E-state index contributed by atoms with van der Waals surface area (Å²) in [6.07, 6.45) is 8.20. The molecule has 1 heterocycles. The second-order valence-corrected chi connectivity index (χ2v) is 5.15. The highest BCUT2D eigenvalue weighted by Gasteiger charge is 1.98. The van der Waals surface area contributed by atoms with Crippen molar-refractivity contribution in [3.63, 3.8) is 0 Å². The van der Waals surface area contributed by atoms with Crippen LogP contribution in [0.2, 0.25) is 0 Å². The van der Waals surface area contributed by atoms with Crippen LogP contribution in [0.4, 0.5) is 5.69 Å². The van der Waals surface area contributed by atoms with Crippen molar-refractivity contribution in [2.24, 2.45) is 0 Å². The summed E-state index contributed by atoms with van der Waals surface area (Å²) in [6, 6.07) is 8.45. The Hall–Kier alpha value is -1.42. The molecule has 0 spiro atoms. The van der Waals surface area contributed by atoms with Gasteiger partial charge in [-0.25, -0.2) is 4.98 Å². The van der Waals surface area contributed by atoms with Crippen LogP contribution >= 0.6 is 11.8 Å². The first-order chi connectivity index (χ1) is 8.90. The number of hydrogen-bond donors (Lipinski definition) is 2. The maximum atomic E-state index is 4.03. The molecule has 0 aliphatic carbocycles. The maximum absolute atomic E-state index is 4.03. The topological polar surface area (TPSA) is 40.7 Å². The van der Waals surface area contributed by atoms with Crippen LogP contribution in [0.3, 0.4) is 0 Å². The minimum Gasteiger partial charge on any atom is -0.385 e. The molecule has 0 aliphatic rings. The van der Waals surface area contributed by atoms with Gasteiger partial charge in [0.1, 0.15) is 0 Å². The number of rotatable bonds is 7. The number of H-pyrrole nitrogens is 1. The number of thioether (sulfide) groups is 1. The van der Waals surface area contributed by atoms with Gasteiger partial charge in [0.05, 0.1) is 18.2 Å². The van der Waals surface area contributed by atoms with E-state index in [0.717, 1.165) is 12.2 Å². The summed E-state index contributed by atoms with van der Waals surface area (Å²) < 4.78 is 0. The summed E-state index contributed by atoms with van der Waals surface area (Å²) >= 11 is 1.91. The molecule has 2 rings (SSSR count). The van der Waals surface area contributed by atoms with Crippen LogP contribution in [-0.2, 0) is 0 Å². The fourth-order valence-electron chi connectivity index (χ4n) is 1.79. The Bertz CT molecular complexity index is 437. The van der Waals surface area contributed by atoms with Crippen molar-refractivity contribution in [1.82, 2.24) is 9.97 Å². The second kappa shape index (κ2) is 7.11. The average molecular weight is 261 g/mol. The van der Waals surface area contributed by atoms with Gasteiger partial charge in [-0.15, -0.1) is 0 Å². The molecular formula is C14H19N3S. The van der Waals surface area contributed by atoms with Gasteiger partial charge in [0.2, 0.25) is 0 Å². The molecule has 1 aromatic carbocycles. The van der Waals surface area contributed by atoms with Gasteiger partial charge in [-0.1, -0.05) is 12.1 Å². The van der Waals surface area contributed by atoms with Crippen molar-refractivity contribution in [1.29, 1.82) is 0 Å². The van der Waals surface area contributed by atoms with Crippen LogP contribution in [0, 0.1) is 0 Å². The fraction of sp³-hybridized carbons (Fsp3) is 0.357. The zero-order valence-corrected chi connectivity index (χ0v) is 11.5. The number of benzene rings is 1. The molecule has 2 N–H and O–H groups in total. The first-order valence-corrected chi connectivity index (χ1v) is 7.61. The second-order valence-electron chi connectivity index (χ2n) is 4.17. The molecule has 0 amide bonds. The minimum atomic E-state index is 1.05. The van der Waals surface area contributed by atoms with E-state index in [2.05, 4.69) is 45.8 Å². The third-order valence-corrected chi connectivity index (χ3v) is 3.50. The Morgan fingerprint density at radius 3 is 2.72 bits per heavy atom. The lowest BCUT2D eigenvalue weighted by atomic mass is 10.1. The molecule has 0 saturated carbocycles. The van der Waals surface area contributed by atoms with Crippen LogP contribution in [0.15, 0.2) is 36.8 Å². The lowest BCUT2D eigenvalue weighted by Gasteiger charge is -2.06. The van der Waals surface area contributed by atoms with Crippen LogP contribution in [0.25, 0.3) is 11.3 Å². The van der Waals surface area contributed by atoms with Crippen molar-refractivity contribution in [3.05, 3.63) is 36.8 Å². The number of imidazole rings is 1. The van der Waals surface area contributed by atoms with Crippen molar-refractivity contribution < 1.29 is 0 Å². The van der Waals surface area contributed by atoms with Crippen LogP contribution < -0.4 is 5.32 Å². The van der Waals surface area contributed by atoms with Gasteiger partial charge >= 0.3 is 0 Å². The molecule has 2 aromatic rings. The fourth-order valence-corrected chi connectivity index (χ4v) is 2.28. The molecule has 0 bridgehead atoms. The molecule has 0 radical (unpaired) electrons. The van der Waals surface area contributed by atoms with Gasteiger partial charge in [-0.3, -0.25) is 0 Å². The molecule has 0 fully saturated rings. The molecule has 96 valence electrons. The van der Waals surface area contributed by atoms with E-state index in [-0.39, 0.29) is 0 Å². The molecular weight excluding hydrogens is 242 g/mol. The van der Waals surface area contributed by atoms with Crippen molar-refractivity contribution >= 4 is 17.4 Å². The van der Waals surface area contributed by atoms with E-state index in [9.17, 15) is 0 Å².